The van der Waals surface area contributed by atoms with Crippen LogP contribution in [0.3, 0.4) is 0 Å². The standard InChI is InChI=1S/C19H24N4O5S3/c1-3-11-31(26,27)23-10-4-5-15(23)16(24)20-18-21-22-19(30-18)29-12-13-6-8-14(9-7-13)17(25)28-2/h6-9,15H,3-5,10-12H2,1-2H3,(H,20,21,24)/t15-/m1/s1. The number of methoxy groups -OCH3 is 1. The van der Waals surface area contributed by atoms with Crippen LogP contribution in [0, 0.1) is 0 Å². The highest BCUT2D eigenvalue weighted by Crippen LogP contribution is 2.29. The Morgan fingerprint density at radius 1 is 1.29 bits per heavy atom. The molecule has 1 aliphatic rings. The molecule has 1 fully saturated rings. The van der Waals surface area contributed by atoms with Crippen molar-refractivity contribution < 1.29 is 22.7 Å². The van der Waals surface area contributed by atoms with Crippen LogP contribution in [0.2, 0.25) is 0 Å². The number of carbonyl (C=O) groups is 2. The summed E-state index contributed by atoms with van der Waals surface area (Å²) in [6, 6.07) is 6.38. The molecule has 3 rings (SSSR count). The second kappa shape index (κ2) is 10.5. The van der Waals surface area contributed by atoms with E-state index < -0.39 is 16.1 Å². The number of hydrogen-bond acceptors (Lipinski definition) is 9. The average Bonchev–Trinajstić information content (AvgIpc) is 3.42. The number of esters is 1. The number of rotatable bonds is 9. The van der Waals surface area contributed by atoms with Crippen molar-refractivity contribution in [1.29, 1.82) is 0 Å². The molecule has 0 spiro atoms. The molecule has 12 heteroatoms. The molecule has 0 saturated carbocycles. The number of sulfonamides is 1. The molecule has 1 aliphatic heterocycles. The van der Waals surface area contributed by atoms with Crippen molar-refractivity contribution in [3.8, 4) is 0 Å². The molecule has 2 heterocycles. The molecule has 1 amide bonds. The summed E-state index contributed by atoms with van der Waals surface area (Å²) in [6.07, 6.45) is 1.67. The number of nitrogens with zero attached hydrogens (tertiary/aromatic N) is 3. The fraction of sp³-hybridized carbons (Fsp3) is 0.474. The second-order valence-electron chi connectivity index (χ2n) is 6.92. The van der Waals surface area contributed by atoms with Crippen molar-refractivity contribution in [2.75, 3.05) is 24.7 Å². The number of anilines is 1. The molecule has 2 aromatic rings. The van der Waals surface area contributed by atoms with Crippen LogP contribution in [0.15, 0.2) is 28.6 Å². The lowest BCUT2D eigenvalue weighted by Crippen LogP contribution is -2.44. The van der Waals surface area contributed by atoms with E-state index in [1.54, 1.807) is 19.1 Å². The van der Waals surface area contributed by atoms with Crippen LogP contribution in [0.25, 0.3) is 0 Å². The van der Waals surface area contributed by atoms with E-state index in [0.717, 1.165) is 5.56 Å². The fourth-order valence-corrected chi connectivity index (χ4v) is 6.67. The fourth-order valence-electron chi connectivity index (χ4n) is 3.22. The van der Waals surface area contributed by atoms with E-state index in [0.29, 0.717) is 46.6 Å². The number of benzene rings is 1. The van der Waals surface area contributed by atoms with Crippen LogP contribution < -0.4 is 5.32 Å². The zero-order chi connectivity index (χ0) is 22.4. The van der Waals surface area contributed by atoms with Gasteiger partial charge in [0, 0.05) is 12.3 Å². The van der Waals surface area contributed by atoms with Gasteiger partial charge in [0.25, 0.3) is 0 Å². The lowest BCUT2D eigenvalue weighted by atomic mass is 10.1. The van der Waals surface area contributed by atoms with Gasteiger partial charge >= 0.3 is 5.97 Å². The Morgan fingerprint density at radius 3 is 2.71 bits per heavy atom. The molecule has 1 N–H and O–H groups in total. The number of nitrogens with one attached hydrogen (secondary N) is 1. The molecule has 0 bridgehead atoms. The van der Waals surface area contributed by atoms with Gasteiger partial charge in [0.2, 0.25) is 21.1 Å². The molecule has 1 aromatic heterocycles. The van der Waals surface area contributed by atoms with Gasteiger partial charge in [-0.15, -0.1) is 10.2 Å². The summed E-state index contributed by atoms with van der Waals surface area (Å²) in [7, 11) is -2.09. The number of aromatic nitrogens is 2. The summed E-state index contributed by atoms with van der Waals surface area (Å²) in [5, 5.41) is 11.1. The number of amides is 1. The van der Waals surface area contributed by atoms with Crippen molar-refractivity contribution in [3.05, 3.63) is 35.4 Å². The van der Waals surface area contributed by atoms with Gasteiger partial charge < -0.3 is 4.74 Å². The lowest BCUT2D eigenvalue weighted by molar-refractivity contribution is -0.119. The predicted molar refractivity (Wildman–Crippen MR) is 120 cm³/mol. The molecule has 31 heavy (non-hydrogen) atoms. The monoisotopic (exact) mass is 484 g/mol. The first-order valence-corrected chi connectivity index (χ1v) is 13.2. The van der Waals surface area contributed by atoms with Gasteiger partial charge in [-0.25, -0.2) is 13.2 Å². The highest BCUT2D eigenvalue weighted by atomic mass is 32.2. The summed E-state index contributed by atoms with van der Waals surface area (Å²) in [4.78, 5) is 24.1. The normalized spacial score (nSPS) is 16.9. The van der Waals surface area contributed by atoms with E-state index in [1.807, 2.05) is 12.1 Å². The maximum atomic E-state index is 12.7. The van der Waals surface area contributed by atoms with Gasteiger partial charge in [-0.05, 0) is 37.0 Å². The molecule has 1 aromatic carbocycles. The van der Waals surface area contributed by atoms with E-state index in [-0.39, 0.29) is 17.6 Å². The first-order chi connectivity index (χ1) is 14.8. The van der Waals surface area contributed by atoms with Gasteiger partial charge in [0.15, 0.2) is 4.34 Å². The molecule has 9 nitrogen and oxygen atoms in total. The molecule has 0 radical (unpaired) electrons. The van der Waals surface area contributed by atoms with Gasteiger partial charge in [0.05, 0.1) is 18.4 Å². The summed E-state index contributed by atoms with van der Waals surface area (Å²) in [5.74, 6) is -0.0949. The Kier molecular flexibility index (Phi) is 8.03. The van der Waals surface area contributed by atoms with Crippen LogP contribution in [0.5, 0.6) is 0 Å². The molecule has 168 valence electrons. The highest BCUT2D eigenvalue weighted by Gasteiger charge is 2.38. The Labute approximate surface area is 189 Å². The number of ether oxygens (including phenoxy) is 1. The Morgan fingerprint density at radius 2 is 2.03 bits per heavy atom. The lowest BCUT2D eigenvalue weighted by Gasteiger charge is -2.22. The Hall–Kier alpha value is -2.02. The summed E-state index contributed by atoms with van der Waals surface area (Å²) >= 11 is 2.69. The zero-order valence-corrected chi connectivity index (χ0v) is 19.7. The van der Waals surface area contributed by atoms with Crippen molar-refractivity contribution in [1.82, 2.24) is 14.5 Å². The summed E-state index contributed by atoms with van der Waals surface area (Å²) in [6.45, 7) is 2.17. The number of hydrogen-bond donors (Lipinski definition) is 1. The Bertz CT molecular complexity index is 1020. The minimum atomic E-state index is -3.43. The third kappa shape index (κ3) is 6.03. The zero-order valence-electron chi connectivity index (χ0n) is 17.2. The predicted octanol–water partition coefficient (Wildman–Crippen LogP) is 2.76. The van der Waals surface area contributed by atoms with E-state index >= 15 is 0 Å². The van der Waals surface area contributed by atoms with Gasteiger partial charge in [-0.3, -0.25) is 10.1 Å². The van der Waals surface area contributed by atoms with Crippen LogP contribution in [-0.4, -0.2) is 60.2 Å². The molecular formula is C19H24N4O5S3. The van der Waals surface area contributed by atoms with Gasteiger partial charge in [-0.2, -0.15) is 4.31 Å². The van der Waals surface area contributed by atoms with Crippen LogP contribution in [-0.2, 0) is 25.3 Å². The van der Waals surface area contributed by atoms with Crippen LogP contribution in [0.1, 0.15) is 42.1 Å². The van der Waals surface area contributed by atoms with Gasteiger partial charge in [0.1, 0.15) is 6.04 Å². The maximum Gasteiger partial charge on any atom is 0.337 e. The van der Waals surface area contributed by atoms with E-state index in [9.17, 15) is 18.0 Å². The summed E-state index contributed by atoms with van der Waals surface area (Å²) < 4.78 is 31.4. The average molecular weight is 485 g/mol. The van der Waals surface area contributed by atoms with Crippen molar-refractivity contribution in [3.63, 3.8) is 0 Å². The molecule has 0 unspecified atom stereocenters. The van der Waals surface area contributed by atoms with Gasteiger partial charge in [-0.1, -0.05) is 42.2 Å². The number of thioether (sulfide) groups is 1. The second-order valence-corrected chi connectivity index (χ2v) is 11.2. The maximum absolute atomic E-state index is 12.7. The minimum Gasteiger partial charge on any atom is -0.465 e. The molecule has 0 aliphatic carbocycles. The molecule has 1 saturated heterocycles. The van der Waals surface area contributed by atoms with E-state index in [4.69, 9.17) is 0 Å². The first-order valence-electron chi connectivity index (χ1n) is 9.78. The highest BCUT2D eigenvalue weighted by molar-refractivity contribution is 8.00. The van der Waals surface area contributed by atoms with E-state index in [2.05, 4.69) is 20.3 Å². The SMILES string of the molecule is CCCS(=O)(=O)N1CCC[C@@H]1C(=O)Nc1nnc(SCc2ccc(C(=O)OC)cc2)s1. The third-order valence-corrected chi connectivity index (χ3v) is 8.82. The number of carbonyl (C=O) groups excluding carboxylic acids is 2. The Balaban J connectivity index is 1.56. The van der Waals surface area contributed by atoms with Crippen LogP contribution >= 0.6 is 23.1 Å². The smallest absolute Gasteiger partial charge is 0.337 e. The largest absolute Gasteiger partial charge is 0.465 e. The molecular weight excluding hydrogens is 460 g/mol. The van der Waals surface area contributed by atoms with E-state index in [1.165, 1.54) is 34.5 Å². The quantitative estimate of drug-likeness (QED) is 0.328. The van der Waals surface area contributed by atoms with Crippen molar-refractivity contribution in [2.24, 2.45) is 0 Å². The summed E-state index contributed by atoms with van der Waals surface area (Å²) in [5.41, 5.74) is 1.49. The first kappa shape index (κ1) is 23.6. The molecule has 1 atom stereocenters. The third-order valence-electron chi connectivity index (χ3n) is 4.70. The van der Waals surface area contributed by atoms with Crippen LogP contribution in [0.4, 0.5) is 5.13 Å². The topological polar surface area (TPSA) is 119 Å². The minimum absolute atomic E-state index is 0.0387. The van der Waals surface area contributed by atoms with Crippen molar-refractivity contribution in [2.45, 2.75) is 42.3 Å². The van der Waals surface area contributed by atoms with Crippen molar-refractivity contribution >= 4 is 50.1 Å².